The Morgan fingerprint density at radius 2 is 2.03 bits per heavy atom. The Hall–Kier alpha value is -3.90. The summed E-state index contributed by atoms with van der Waals surface area (Å²) in [5.41, 5.74) is 4.25. The van der Waals surface area contributed by atoms with E-state index in [1.54, 1.807) is 12.1 Å². The van der Waals surface area contributed by atoms with E-state index in [2.05, 4.69) is 10.5 Å². The normalized spacial score (nSPS) is 28.9. The molecule has 5 atom stereocenters. The predicted octanol–water partition coefficient (Wildman–Crippen LogP) is 0.255. The molecule has 7 N–H and O–H groups in total. The molecular formula is C25H28N4O8. The van der Waals surface area contributed by atoms with E-state index >= 15 is 0 Å². The summed E-state index contributed by atoms with van der Waals surface area (Å²) in [6.45, 7) is 0.120. The number of carbonyl (C=O) groups is 3. The number of hydrogen-bond donors (Lipinski definition) is 6. The van der Waals surface area contributed by atoms with Gasteiger partial charge >= 0.3 is 0 Å². The highest BCUT2D eigenvalue weighted by molar-refractivity contribution is 6.24. The topological polar surface area (TPSA) is 199 Å². The summed E-state index contributed by atoms with van der Waals surface area (Å²) in [7, 11) is 3.62. The first kappa shape index (κ1) is 24.8. The lowest BCUT2D eigenvalue weighted by Gasteiger charge is -2.48. The van der Waals surface area contributed by atoms with Gasteiger partial charge in [0.25, 0.3) is 0 Å². The van der Waals surface area contributed by atoms with Crippen molar-refractivity contribution in [3.05, 3.63) is 40.7 Å². The van der Waals surface area contributed by atoms with Crippen molar-refractivity contribution in [2.75, 3.05) is 24.3 Å². The van der Waals surface area contributed by atoms with E-state index in [4.69, 9.17) is 10.3 Å². The number of benzene rings is 1. The number of phenolic OH excluding ortho intramolecular Hbond substituents is 1. The largest absolute Gasteiger partial charge is 0.507 e. The third-order valence-corrected chi connectivity index (χ3v) is 7.82. The SMILES string of the molecule is CN(C)c1cc(CNc2ccon2)c(O)c2c1C[C@H]1C[C@H]3CC(O)C(C(N)=O)C(=O)[C@@]3(O)C(=O)C1=C2O. The molecule has 1 aromatic carbocycles. The number of phenols is 1. The van der Waals surface area contributed by atoms with Gasteiger partial charge in [0.1, 0.15) is 23.7 Å². The van der Waals surface area contributed by atoms with Crippen molar-refractivity contribution in [2.45, 2.75) is 37.5 Å². The molecule has 0 radical (unpaired) electrons. The lowest BCUT2D eigenvalue weighted by Crippen LogP contribution is -2.66. The number of primary amides is 1. The first-order valence-electron chi connectivity index (χ1n) is 11.9. The molecule has 37 heavy (non-hydrogen) atoms. The van der Waals surface area contributed by atoms with Crippen molar-refractivity contribution in [2.24, 2.45) is 23.5 Å². The second-order valence-corrected chi connectivity index (χ2v) is 10.1. The Bertz CT molecular complexity index is 1330. The summed E-state index contributed by atoms with van der Waals surface area (Å²) < 4.78 is 4.80. The number of hydrogen-bond acceptors (Lipinski definition) is 11. The van der Waals surface area contributed by atoms with Crippen molar-refractivity contribution >= 4 is 34.7 Å². The average molecular weight is 513 g/mol. The van der Waals surface area contributed by atoms with Gasteiger partial charge in [-0.3, -0.25) is 14.4 Å². The van der Waals surface area contributed by atoms with Crippen LogP contribution in [0.15, 0.2) is 28.5 Å². The Kier molecular flexibility index (Phi) is 5.76. The van der Waals surface area contributed by atoms with Crippen LogP contribution in [0, 0.1) is 17.8 Å². The lowest BCUT2D eigenvalue weighted by atomic mass is 9.56. The Morgan fingerprint density at radius 1 is 1.30 bits per heavy atom. The van der Waals surface area contributed by atoms with Crippen LogP contribution in [-0.4, -0.2) is 68.9 Å². The van der Waals surface area contributed by atoms with Crippen LogP contribution < -0.4 is 16.0 Å². The van der Waals surface area contributed by atoms with E-state index in [0.717, 1.165) is 0 Å². The van der Waals surface area contributed by atoms with Crippen LogP contribution in [0.1, 0.15) is 29.5 Å². The third kappa shape index (κ3) is 3.58. The van der Waals surface area contributed by atoms with Crippen LogP contribution in [0.5, 0.6) is 5.75 Å². The first-order valence-corrected chi connectivity index (χ1v) is 11.9. The molecule has 5 rings (SSSR count). The smallest absolute Gasteiger partial charge is 0.230 e. The molecule has 12 heteroatoms. The molecule has 2 aromatic rings. The summed E-state index contributed by atoms with van der Waals surface area (Å²) in [6, 6.07) is 3.37. The quantitative estimate of drug-likeness (QED) is 0.300. The van der Waals surface area contributed by atoms with Crippen molar-refractivity contribution in [1.82, 2.24) is 5.16 Å². The fraction of sp³-hybridized carbons (Fsp3) is 0.440. The number of nitrogens with two attached hydrogens (primary N) is 1. The maximum Gasteiger partial charge on any atom is 0.230 e. The zero-order valence-electron chi connectivity index (χ0n) is 20.3. The van der Waals surface area contributed by atoms with Crippen molar-refractivity contribution in [1.29, 1.82) is 0 Å². The molecule has 3 aliphatic rings. The van der Waals surface area contributed by atoms with Gasteiger partial charge in [-0.2, -0.15) is 0 Å². The summed E-state index contributed by atoms with van der Waals surface area (Å²) >= 11 is 0. The summed E-state index contributed by atoms with van der Waals surface area (Å²) in [6.07, 6.45) is 0.154. The highest BCUT2D eigenvalue weighted by Gasteiger charge is 2.64. The number of aromatic hydroxyl groups is 1. The average Bonchev–Trinajstić information content (AvgIpc) is 3.34. The van der Waals surface area contributed by atoms with Gasteiger partial charge in [-0.25, -0.2) is 0 Å². The molecule has 0 aliphatic heterocycles. The molecule has 1 heterocycles. The van der Waals surface area contributed by atoms with Crippen LogP contribution in [0.4, 0.5) is 11.5 Å². The number of amides is 1. The van der Waals surface area contributed by atoms with E-state index < -0.39 is 52.7 Å². The van der Waals surface area contributed by atoms with Gasteiger partial charge in [0.15, 0.2) is 17.2 Å². The van der Waals surface area contributed by atoms with Crippen LogP contribution in [0.25, 0.3) is 5.76 Å². The maximum atomic E-state index is 13.7. The molecule has 1 aromatic heterocycles. The van der Waals surface area contributed by atoms with Gasteiger partial charge in [-0.05, 0) is 36.8 Å². The molecule has 196 valence electrons. The van der Waals surface area contributed by atoms with Gasteiger partial charge in [-0.1, -0.05) is 5.16 Å². The number of nitrogens with zero attached hydrogens (tertiary/aromatic N) is 2. The van der Waals surface area contributed by atoms with Crippen LogP contribution >= 0.6 is 0 Å². The lowest BCUT2D eigenvalue weighted by molar-refractivity contribution is -0.174. The Labute approximate surface area is 211 Å². The summed E-state index contributed by atoms with van der Waals surface area (Å²) in [5, 5.41) is 51.1. The number of carbonyl (C=O) groups excluding carboxylic acids is 3. The van der Waals surface area contributed by atoms with Gasteiger partial charge in [0.2, 0.25) is 11.7 Å². The molecule has 2 fully saturated rings. The molecule has 0 bridgehead atoms. The standard InChI is InChI=1S/C25H28N4O8/c1-29(2)14-7-11(9-27-16-3-4-37-28-16)20(31)18-13(14)6-10-5-12-8-15(30)19(24(26)35)23(34)25(12,36)22(33)17(10)21(18)32/h3-4,7,10,12,15,19,30-32,36H,5-6,8-9H2,1-2H3,(H2,26,35)(H,27,28)/t10-,12+,15?,19?,25+/m1/s1. The zero-order valence-corrected chi connectivity index (χ0v) is 20.3. The number of aromatic nitrogens is 1. The van der Waals surface area contributed by atoms with Gasteiger partial charge in [0, 0.05) is 49.4 Å². The highest BCUT2D eigenvalue weighted by Crippen LogP contribution is 2.53. The minimum Gasteiger partial charge on any atom is -0.507 e. The summed E-state index contributed by atoms with van der Waals surface area (Å²) in [5.74, 6) is -6.95. The number of fused-ring (bicyclic) bond motifs is 3. The molecule has 1 amide bonds. The second kappa shape index (κ2) is 8.60. The van der Waals surface area contributed by atoms with Crippen molar-refractivity contribution in [3.8, 4) is 5.75 Å². The number of ketones is 2. The molecule has 3 aliphatic carbocycles. The molecule has 2 saturated carbocycles. The zero-order chi connectivity index (χ0) is 26.8. The van der Waals surface area contributed by atoms with E-state index in [1.807, 2.05) is 19.0 Å². The maximum absolute atomic E-state index is 13.7. The van der Waals surface area contributed by atoms with E-state index in [9.17, 15) is 34.8 Å². The van der Waals surface area contributed by atoms with E-state index in [1.165, 1.54) is 6.26 Å². The van der Waals surface area contributed by atoms with Crippen LogP contribution in [0.3, 0.4) is 0 Å². The molecule has 2 unspecified atom stereocenters. The third-order valence-electron chi connectivity index (χ3n) is 7.82. The number of nitrogens with one attached hydrogen (secondary N) is 1. The molecule has 12 nitrogen and oxygen atoms in total. The Morgan fingerprint density at radius 3 is 2.65 bits per heavy atom. The number of aliphatic hydroxyl groups excluding tert-OH is 2. The second-order valence-electron chi connectivity index (χ2n) is 10.1. The fourth-order valence-electron chi connectivity index (χ4n) is 6.05. The van der Waals surface area contributed by atoms with E-state index in [-0.39, 0.29) is 42.7 Å². The molecule has 0 spiro atoms. The number of Topliss-reactive ketones (excluding diaryl/α,β-unsaturated/α-hetero) is 2. The summed E-state index contributed by atoms with van der Waals surface area (Å²) in [4.78, 5) is 40.5. The molecular weight excluding hydrogens is 484 g/mol. The number of aliphatic hydroxyl groups is 3. The van der Waals surface area contributed by atoms with Crippen molar-refractivity contribution in [3.63, 3.8) is 0 Å². The fourth-order valence-corrected chi connectivity index (χ4v) is 6.05. The minimum atomic E-state index is -2.61. The minimum absolute atomic E-state index is 0.0412. The van der Waals surface area contributed by atoms with Crippen LogP contribution in [0.2, 0.25) is 0 Å². The predicted molar refractivity (Wildman–Crippen MR) is 129 cm³/mol. The van der Waals surface area contributed by atoms with Crippen LogP contribution in [-0.2, 0) is 27.3 Å². The van der Waals surface area contributed by atoms with Crippen molar-refractivity contribution < 1.29 is 39.3 Å². The first-order chi connectivity index (χ1) is 17.5. The number of anilines is 2. The van der Waals surface area contributed by atoms with Gasteiger partial charge < -0.3 is 40.9 Å². The monoisotopic (exact) mass is 512 g/mol. The van der Waals surface area contributed by atoms with E-state index in [0.29, 0.717) is 22.6 Å². The Balaban J connectivity index is 1.62. The number of rotatable bonds is 5. The highest BCUT2D eigenvalue weighted by atomic mass is 16.5. The van der Waals surface area contributed by atoms with Gasteiger partial charge in [-0.15, -0.1) is 0 Å². The van der Waals surface area contributed by atoms with Gasteiger partial charge in [0.05, 0.1) is 11.7 Å². The molecule has 0 saturated heterocycles.